The quantitative estimate of drug-likeness (QED) is 0.560. The summed E-state index contributed by atoms with van der Waals surface area (Å²) in [5, 5.41) is 4.51. The first-order valence-corrected chi connectivity index (χ1v) is 8.98. The number of hydrogen-bond acceptors (Lipinski definition) is 4. The smallest absolute Gasteiger partial charge is 0.310 e. The van der Waals surface area contributed by atoms with Crippen LogP contribution in [0.2, 0.25) is 0 Å². The Hall–Kier alpha value is -2.43. The molecule has 1 aromatic carbocycles. The number of ketones is 1. The highest BCUT2D eigenvalue weighted by atomic mass is 16.5. The summed E-state index contributed by atoms with van der Waals surface area (Å²) in [5.74, 6) is -0.106. The second kappa shape index (κ2) is 8.30. The lowest BCUT2D eigenvalue weighted by Gasteiger charge is -2.09. The molecule has 2 rings (SSSR count). The molecule has 0 spiro atoms. The van der Waals surface area contributed by atoms with Crippen molar-refractivity contribution in [3.8, 4) is 0 Å². The lowest BCUT2D eigenvalue weighted by atomic mass is 10.0. The van der Waals surface area contributed by atoms with Gasteiger partial charge in [-0.15, -0.1) is 0 Å². The van der Waals surface area contributed by atoms with E-state index in [0.29, 0.717) is 11.5 Å². The van der Waals surface area contributed by atoms with Gasteiger partial charge in [-0.3, -0.25) is 14.3 Å². The second-order valence-corrected chi connectivity index (χ2v) is 7.30. The highest BCUT2D eigenvalue weighted by Crippen LogP contribution is 2.16. The summed E-state index contributed by atoms with van der Waals surface area (Å²) < 4.78 is 7.17. The van der Waals surface area contributed by atoms with Gasteiger partial charge in [0.25, 0.3) is 0 Å². The van der Waals surface area contributed by atoms with Gasteiger partial charge >= 0.3 is 5.97 Å². The highest BCUT2D eigenvalue weighted by molar-refractivity contribution is 5.99. The van der Waals surface area contributed by atoms with E-state index in [1.54, 1.807) is 0 Å². The van der Waals surface area contributed by atoms with Crippen molar-refractivity contribution >= 4 is 11.8 Å². The van der Waals surface area contributed by atoms with Gasteiger partial charge in [-0.05, 0) is 45.2 Å². The van der Waals surface area contributed by atoms with Crippen molar-refractivity contribution in [3.05, 3.63) is 51.8 Å². The third-order valence-electron chi connectivity index (χ3n) is 4.45. The van der Waals surface area contributed by atoms with Gasteiger partial charge in [-0.2, -0.15) is 5.10 Å². The summed E-state index contributed by atoms with van der Waals surface area (Å²) in [4.78, 5) is 24.6. The molecule has 0 aliphatic rings. The van der Waals surface area contributed by atoms with Gasteiger partial charge in [-0.1, -0.05) is 31.5 Å². The van der Waals surface area contributed by atoms with Crippen LogP contribution < -0.4 is 0 Å². The van der Waals surface area contributed by atoms with Crippen molar-refractivity contribution in [1.29, 1.82) is 0 Å². The van der Waals surface area contributed by atoms with Gasteiger partial charge in [-0.25, -0.2) is 0 Å². The lowest BCUT2D eigenvalue weighted by Crippen LogP contribution is -2.17. The summed E-state index contributed by atoms with van der Waals surface area (Å²) in [6.45, 7) is 12.5. The average molecular weight is 356 g/mol. The third-order valence-corrected chi connectivity index (χ3v) is 4.45. The number of Topliss-reactive ketones (excluding diaryl/α,β-unsaturated/α-hetero) is 1. The summed E-state index contributed by atoms with van der Waals surface area (Å²) in [5.41, 5.74) is 5.20. The number of ether oxygens (including phenoxy) is 1. The minimum atomic E-state index is -0.404. The molecule has 1 aromatic heterocycles. The molecule has 26 heavy (non-hydrogen) atoms. The zero-order valence-corrected chi connectivity index (χ0v) is 16.5. The maximum atomic E-state index is 12.3. The van der Waals surface area contributed by atoms with Gasteiger partial charge in [0.1, 0.15) is 0 Å². The van der Waals surface area contributed by atoms with Crippen molar-refractivity contribution in [2.45, 2.75) is 54.5 Å². The molecule has 0 bridgehead atoms. The van der Waals surface area contributed by atoms with Crippen LogP contribution in [-0.2, 0) is 22.5 Å². The zero-order chi connectivity index (χ0) is 19.4. The number of aryl methyl sites for hydroxylation is 3. The molecule has 5 heteroatoms. The molecule has 0 N–H and O–H groups in total. The molecule has 0 saturated heterocycles. The Morgan fingerprint density at radius 3 is 2.50 bits per heavy atom. The Morgan fingerprint density at radius 1 is 1.15 bits per heavy atom. The van der Waals surface area contributed by atoms with E-state index >= 15 is 0 Å². The van der Waals surface area contributed by atoms with Gasteiger partial charge in [0.2, 0.25) is 5.78 Å². The number of carbonyl (C=O) groups excluding carboxylic acids is 2. The molecule has 0 aliphatic heterocycles. The van der Waals surface area contributed by atoms with E-state index in [4.69, 9.17) is 4.74 Å². The minimum absolute atomic E-state index is 0.135. The van der Waals surface area contributed by atoms with Crippen LogP contribution in [0.4, 0.5) is 0 Å². The lowest BCUT2D eigenvalue weighted by molar-refractivity contribution is -0.141. The fourth-order valence-corrected chi connectivity index (χ4v) is 2.97. The molecule has 1 heterocycles. The Bertz CT molecular complexity index is 819. The predicted octanol–water partition coefficient (Wildman–Crippen LogP) is 3.74. The molecule has 0 saturated carbocycles. The molecule has 140 valence electrons. The highest BCUT2D eigenvalue weighted by Gasteiger charge is 2.18. The van der Waals surface area contributed by atoms with E-state index in [1.165, 1.54) is 0 Å². The van der Waals surface area contributed by atoms with Crippen LogP contribution in [0.3, 0.4) is 0 Å². The SMILES string of the molecule is Cc1ccc(C)c(C(=O)COC(=O)Cc2c(C)nn(CC(C)C)c2C)c1. The Balaban J connectivity index is 2.00. The predicted molar refractivity (Wildman–Crippen MR) is 101 cm³/mol. The molecular weight excluding hydrogens is 328 g/mol. The molecular formula is C21H28N2O3. The van der Waals surface area contributed by atoms with Crippen LogP contribution in [0, 0.1) is 33.6 Å². The molecule has 0 aliphatic carbocycles. The zero-order valence-electron chi connectivity index (χ0n) is 16.5. The normalized spacial score (nSPS) is 11.0. The first-order valence-electron chi connectivity index (χ1n) is 8.98. The summed E-state index contributed by atoms with van der Waals surface area (Å²) in [7, 11) is 0. The minimum Gasteiger partial charge on any atom is -0.457 e. The van der Waals surface area contributed by atoms with Gasteiger partial charge in [0.15, 0.2) is 6.61 Å². The first kappa shape index (κ1) is 19.9. The van der Waals surface area contributed by atoms with Crippen LogP contribution in [0.1, 0.15) is 52.3 Å². The van der Waals surface area contributed by atoms with Crippen LogP contribution in [0.25, 0.3) is 0 Å². The van der Waals surface area contributed by atoms with Crippen molar-refractivity contribution < 1.29 is 14.3 Å². The molecule has 2 aromatic rings. The summed E-state index contributed by atoms with van der Waals surface area (Å²) in [6, 6.07) is 5.69. The van der Waals surface area contributed by atoms with Crippen LogP contribution >= 0.6 is 0 Å². The Labute approximate surface area is 155 Å². The number of hydrogen-bond donors (Lipinski definition) is 0. The van der Waals surface area contributed by atoms with Gasteiger partial charge in [0.05, 0.1) is 12.1 Å². The largest absolute Gasteiger partial charge is 0.457 e. The van der Waals surface area contributed by atoms with Crippen LogP contribution in [-0.4, -0.2) is 28.1 Å². The Kier molecular flexibility index (Phi) is 6.35. The van der Waals surface area contributed by atoms with E-state index in [1.807, 2.05) is 50.6 Å². The van der Waals surface area contributed by atoms with Crippen molar-refractivity contribution in [2.24, 2.45) is 5.92 Å². The number of nitrogens with zero attached hydrogens (tertiary/aromatic N) is 2. The maximum Gasteiger partial charge on any atom is 0.310 e. The fraction of sp³-hybridized carbons (Fsp3) is 0.476. The van der Waals surface area contributed by atoms with E-state index in [2.05, 4.69) is 18.9 Å². The van der Waals surface area contributed by atoms with Gasteiger partial charge < -0.3 is 4.74 Å². The molecule has 0 fully saturated rings. The third kappa shape index (κ3) is 4.81. The molecule has 0 amide bonds. The van der Waals surface area contributed by atoms with Gasteiger partial charge in [0, 0.05) is 23.4 Å². The van der Waals surface area contributed by atoms with Crippen LogP contribution in [0.15, 0.2) is 18.2 Å². The number of benzene rings is 1. The fourth-order valence-electron chi connectivity index (χ4n) is 2.97. The van der Waals surface area contributed by atoms with Crippen molar-refractivity contribution in [3.63, 3.8) is 0 Å². The first-order chi connectivity index (χ1) is 12.2. The Morgan fingerprint density at radius 2 is 1.85 bits per heavy atom. The average Bonchev–Trinajstić information content (AvgIpc) is 2.81. The monoisotopic (exact) mass is 356 g/mol. The van der Waals surface area contributed by atoms with E-state index < -0.39 is 5.97 Å². The molecule has 5 nitrogen and oxygen atoms in total. The molecule has 0 atom stereocenters. The summed E-state index contributed by atoms with van der Waals surface area (Å²) >= 11 is 0. The van der Waals surface area contributed by atoms with Crippen LogP contribution in [0.5, 0.6) is 0 Å². The molecule has 0 radical (unpaired) electrons. The molecule has 0 unspecified atom stereocenters. The number of esters is 1. The number of rotatable bonds is 7. The second-order valence-electron chi connectivity index (χ2n) is 7.30. The standard InChI is InChI=1S/C21H28N2O3/c1-13(2)11-23-17(6)19(16(5)22-23)10-21(25)26-12-20(24)18-9-14(3)7-8-15(18)4/h7-9,13H,10-12H2,1-6H3. The topological polar surface area (TPSA) is 61.2 Å². The maximum absolute atomic E-state index is 12.3. The van der Waals surface area contributed by atoms with E-state index in [-0.39, 0.29) is 18.8 Å². The summed E-state index contributed by atoms with van der Waals surface area (Å²) in [6.07, 6.45) is 0.135. The van der Waals surface area contributed by atoms with E-state index in [0.717, 1.165) is 34.6 Å². The number of carbonyl (C=O) groups is 2. The van der Waals surface area contributed by atoms with Crippen molar-refractivity contribution in [1.82, 2.24) is 9.78 Å². The van der Waals surface area contributed by atoms with Crippen molar-refractivity contribution in [2.75, 3.05) is 6.61 Å². The van der Waals surface area contributed by atoms with E-state index in [9.17, 15) is 9.59 Å². The number of aromatic nitrogens is 2.